The molecule has 3 aromatic rings. The molecule has 9 heteroatoms. The summed E-state index contributed by atoms with van der Waals surface area (Å²) in [6.45, 7) is 1.38. The fourth-order valence-corrected chi connectivity index (χ4v) is 4.41. The largest absolute Gasteiger partial charge is 0.467 e. The highest BCUT2D eigenvalue weighted by atomic mass is 32.1. The molecule has 0 aliphatic heterocycles. The van der Waals surface area contributed by atoms with Crippen molar-refractivity contribution >= 4 is 39.1 Å². The number of carbonyl (C=O) groups is 3. The van der Waals surface area contributed by atoms with Crippen LogP contribution in [0.15, 0.2) is 47.8 Å². The molecular weight excluding hydrogens is 426 g/mol. The van der Waals surface area contributed by atoms with Gasteiger partial charge in [0.15, 0.2) is 5.78 Å². The van der Waals surface area contributed by atoms with Gasteiger partial charge in [0.25, 0.3) is 0 Å². The second-order valence-electron chi connectivity index (χ2n) is 7.05. The average Bonchev–Trinajstić information content (AvgIpc) is 3.15. The molecule has 1 amide bonds. The van der Waals surface area contributed by atoms with Crippen LogP contribution in [-0.2, 0) is 31.1 Å². The van der Waals surface area contributed by atoms with Gasteiger partial charge in [-0.3, -0.25) is 9.59 Å². The minimum atomic E-state index is -2.15. The first kappa shape index (κ1) is 22.5. The van der Waals surface area contributed by atoms with Crippen molar-refractivity contribution in [1.82, 2.24) is 5.32 Å². The van der Waals surface area contributed by atoms with Crippen LogP contribution in [0.5, 0.6) is 0 Å². The van der Waals surface area contributed by atoms with Crippen molar-refractivity contribution in [1.29, 1.82) is 0 Å². The van der Waals surface area contributed by atoms with Gasteiger partial charge in [-0.15, -0.1) is 11.3 Å². The van der Waals surface area contributed by atoms with Gasteiger partial charge in [0.1, 0.15) is 11.6 Å². The molecule has 6 nitrogen and oxygen atoms in total. The number of nitrogens with one attached hydrogen (secondary N) is 1. The summed E-state index contributed by atoms with van der Waals surface area (Å²) >= 11 is 1.32. The molecule has 1 aromatic heterocycles. The third-order valence-electron chi connectivity index (χ3n) is 4.86. The smallest absolute Gasteiger partial charge is 0.338 e. The van der Waals surface area contributed by atoms with Crippen LogP contribution in [0.4, 0.5) is 8.78 Å². The average molecular weight is 446 g/mol. The predicted octanol–water partition coefficient (Wildman–Crippen LogP) is 2.82. The number of esters is 1. The maximum absolute atomic E-state index is 13.3. The van der Waals surface area contributed by atoms with E-state index in [1.54, 1.807) is 17.5 Å². The van der Waals surface area contributed by atoms with Crippen molar-refractivity contribution in [2.45, 2.75) is 24.9 Å². The maximum Gasteiger partial charge on any atom is 0.338 e. The Balaban J connectivity index is 1.86. The van der Waals surface area contributed by atoms with E-state index in [4.69, 9.17) is 10.5 Å². The lowest BCUT2D eigenvalue weighted by Crippen LogP contribution is -2.58. The maximum atomic E-state index is 13.3. The van der Waals surface area contributed by atoms with E-state index in [-0.39, 0.29) is 17.5 Å². The molecule has 1 heterocycles. The van der Waals surface area contributed by atoms with E-state index in [1.165, 1.54) is 18.3 Å². The van der Waals surface area contributed by atoms with Gasteiger partial charge < -0.3 is 15.8 Å². The molecule has 1 unspecified atom stereocenters. The number of thiophene rings is 1. The zero-order chi connectivity index (χ0) is 22.8. The Morgan fingerprint density at radius 3 is 2.45 bits per heavy atom. The van der Waals surface area contributed by atoms with Gasteiger partial charge in [-0.25, -0.2) is 13.6 Å². The van der Waals surface area contributed by atoms with Crippen molar-refractivity contribution in [2.24, 2.45) is 5.73 Å². The van der Waals surface area contributed by atoms with E-state index >= 15 is 0 Å². The fourth-order valence-electron chi connectivity index (χ4n) is 3.39. The standard InChI is InChI=1S/C22H20F2N2O4S/c1-12(26-19(27)9-13-7-14(23)10-15(24)8-13)20(28)22(25,21(29)30-2)17-11-31-18-6-4-3-5-16(17)18/h3-8,10-12H,9,25H2,1-2H3,(H,26,27)/t12-,22?/m0/s1. The van der Waals surface area contributed by atoms with Crippen molar-refractivity contribution in [3.8, 4) is 0 Å². The van der Waals surface area contributed by atoms with Crippen LogP contribution in [0.2, 0.25) is 0 Å². The van der Waals surface area contributed by atoms with Crippen LogP contribution in [0.1, 0.15) is 18.1 Å². The molecule has 0 saturated heterocycles. The van der Waals surface area contributed by atoms with Crippen LogP contribution in [0, 0.1) is 11.6 Å². The van der Waals surface area contributed by atoms with E-state index in [0.29, 0.717) is 11.5 Å². The highest BCUT2D eigenvalue weighted by molar-refractivity contribution is 7.17. The second kappa shape index (κ2) is 8.91. The van der Waals surface area contributed by atoms with Crippen molar-refractivity contribution < 1.29 is 27.9 Å². The van der Waals surface area contributed by atoms with Gasteiger partial charge in [-0.05, 0) is 41.5 Å². The predicted molar refractivity (Wildman–Crippen MR) is 112 cm³/mol. The number of ketones is 1. The Labute approximate surface area is 181 Å². The molecule has 0 aliphatic rings. The number of fused-ring (bicyclic) bond motifs is 1. The number of amides is 1. The van der Waals surface area contributed by atoms with Crippen molar-refractivity contribution in [2.75, 3.05) is 7.11 Å². The number of rotatable bonds is 7. The lowest BCUT2D eigenvalue weighted by atomic mass is 9.83. The van der Waals surface area contributed by atoms with Gasteiger partial charge in [0.2, 0.25) is 11.4 Å². The number of halogens is 2. The quantitative estimate of drug-likeness (QED) is 0.430. The lowest BCUT2D eigenvalue weighted by molar-refractivity contribution is -0.152. The number of hydrogen-bond acceptors (Lipinski definition) is 6. The third kappa shape index (κ3) is 4.47. The van der Waals surface area contributed by atoms with Crippen LogP contribution in [-0.4, -0.2) is 30.8 Å². The highest BCUT2D eigenvalue weighted by Gasteiger charge is 2.48. The molecule has 0 spiro atoms. The summed E-state index contributed by atoms with van der Waals surface area (Å²) in [5.41, 5.74) is 4.56. The Kier molecular flexibility index (Phi) is 6.47. The molecule has 162 valence electrons. The van der Waals surface area contributed by atoms with E-state index in [1.807, 2.05) is 12.1 Å². The van der Waals surface area contributed by atoms with E-state index < -0.39 is 40.9 Å². The van der Waals surface area contributed by atoms with Crippen molar-refractivity contribution in [3.05, 3.63) is 70.6 Å². The minimum Gasteiger partial charge on any atom is -0.467 e. The zero-order valence-electron chi connectivity index (χ0n) is 16.8. The Hall–Kier alpha value is -3.17. The molecule has 0 fully saturated rings. The summed E-state index contributed by atoms with van der Waals surface area (Å²) in [6.07, 6.45) is -0.358. The second-order valence-corrected chi connectivity index (χ2v) is 7.96. The third-order valence-corrected chi connectivity index (χ3v) is 5.82. The number of Topliss-reactive ketones (excluding diaryl/α,β-unsaturated/α-hetero) is 1. The fraction of sp³-hybridized carbons (Fsp3) is 0.227. The van der Waals surface area contributed by atoms with E-state index in [2.05, 4.69) is 5.32 Å². The molecule has 3 rings (SSSR count). The van der Waals surface area contributed by atoms with Crippen LogP contribution in [0.3, 0.4) is 0 Å². The number of methoxy groups -OCH3 is 1. The van der Waals surface area contributed by atoms with Gasteiger partial charge >= 0.3 is 5.97 Å². The summed E-state index contributed by atoms with van der Waals surface area (Å²) in [6, 6.07) is 8.70. The van der Waals surface area contributed by atoms with Crippen LogP contribution in [0.25, 0.3) is 10.1 Å². The molecule has 3 N–H and O–H groups in total. The van der Waals surface area contributed by atoms with Crippen LogP contribution < -0.4 is 11.1 Å². The zero-order valence-corrected chi connectivity index (χ0v) is 17.6. The first-order valence-electron chi connectivity index (χ1n) is 9.29. The molecule has 0 aliphatic carbocycles. The summed E-state index contributed by atoms with van der Waals surface area (Å²) < 4.78 is 32.3. The van der Waals surface area contributed by atoms with Gasteiger partial charge in [0.05, 0.1) is 19.6 Å². The Morgan fingerprint density at radius 1 is 1.16 bits per heavy atom. The first-order valence-corrected chi connectivity index (χ1v) is 10.2. The van der Waals surface area contributed by atoms with Crippen LogP contribution >= 0.6 is 11.3 Å². The summed E-state index contributed by atoms with van der Waals surface area (Å²) in [5.74, 6) is -4.03. The van der Waals surface area contributed by atoms with E-state index in [0.717, 1.165) is 23.9 Å². The minimum absolute atomic E-state index is 0.102. The number of carbonyl (C=O) groups excluding carboxylic acids is 3. The molecule has 0 radical (unpaired) electrons. The van der Waals surface area contributed by atoms with Gasteiger partial charge in [-0.2, -0.15) is 0 Å². The van der Waals surface area contributed by atoms with Gasteiger partial charge in [0, 0.05) is 16.3 Å². The number of nitrogens with two attached hydrogens (primary N) is 1. The monoisotopic (exact) mass is 446 g/mol. The van der Waals surface area contributed by atoms with Gasteiger partial charge in [-0.1, -0.05) is 18.2 Å². The Morgan fingerprint density at radius 2 is 1.81 bits per heavy atom. The normalized spacial score (nSPS) is 14.0. The summed E-state index contributed by atoms with van der Waals surface area (Å²) in [7, 11) is 1.12. The number of hydrogen-bond donors (Lipinski definition) is 2. The Bertz CT molecular complexity index is 1140. The highest BCUT2D eigenvalue weighted by Crippen LogP contribution is 2.34. The topological polar surface area (TPSA) is 98.5 Å². The molecule has 31 heavy (non-hydrogen) atoms. The first-order chi connectivity index (χ1) is 14.7. The number of ether oxygens (including phenoxy) is 1. The molecule has 2 aromatic carbocycles. The van der Waals surface area contributed by atoms with E-state index in [9.17, 15) is 23.2 Å². The lowest BCUT2D eigenvalue weighted by Gasteiger charge is -2.28. The van der Waals surface area contributed by atoms with Crippen molar-refractivity contribution in [3.63, 3.8) is 0 Å². The number of benzene rings is 2. The molecular formula is C22H20F2N2O4S. The molecule has 0 bridgehead atoms. The molecule has 0 saturated carbocycles. The summed E-state index contributed by atoms with van der Waals surface area (Å²) in [4.78, 5) is 38.2. The SMILES string of the molecule is COC(=O)C(N)(C(=O)[C@H](C)NC(=O)Cc1cc(F)cc(F)c1)c1csc2ccccc12. The summed E-state index contributed by atoms with van der Waals surface area (Å²) in [5, 5.41) is 4.69. The molecule has 2 atom stereocenters.